The quantitative estimate of drug-likeness (QED) is 0.646. The Labute approximate surface area is 169 Å². The van der Waals surface area contributed by atoms with Crippen molar-refractivity contribution in [1.29, 1.82) is 0 Å². The lowest BCUT2D eigenvalue weighted by molar-refractivity contribution is 0.464. The minimum atomic E-state index is 0.730. The molecule has 140 valence electrons. The van der Waals surface area contributed by atoms with Crippen LogP contribution in [0.4, 0.5) is 11.4 Å². The molecular formula is C23H22N4S. The van der Waals surface area contributed by atoms with Crippen molar-refractivity contribution in [3.05, 3.63) is 71.4 Å². The molecule has 28 heavy (non-hydrogen) atoms. The smallest absolute Gasteiger partial charge is 0.0626 e. The summed E-state index contributed by atoms with van der Waals surface area (Å²) < 4.78 is 0. The van der Waals surface area contributed by atoms with Gasteiger partial charge in [0.2, 0.25) is 0 Å². The summed E-state index contributed by atoms with van der Waals surface area (Å²) in [6, 6.07) is 12.8. The Bertz CT molecular complexity index is 1060. The van der Waals surface area contributed by atoms with Gasteiger partial charge in [0.05, 0.1) is 17.9 Å². The van der Waals surface area contributed by atoms with Gasteiger partial charge in [-0.15, -0.1) is 11.3 Å². The van der Waals surface area contributed by atoms with Gasteiger partial charge in [0, 0.05) is 40.6 Å². The van der Waals surface area contributed by atoms with Crippen LogP contribution in [0.3, 0.4) is 0 Å². The van der Waals surface area contributed by atoms with Crippen LogP contribution in [0, 0.1) is 11.8 Å². The third kappa shape index (κ3) is 4.25. The van der Waals surface area contributed by atoms with Crippen molar-refractivity contribution in [2.45, 2.75) is 0 Å². The molecule has 0 bridgehead atoms. The maximum atomic E-state index is 4.39. The predicted molar refractivity (Wildman–Crippen MR) is 120 cm³/mol. The molecule has 0 atom stereocenters. The second-order valence-corrected chi connectivity index (χ2v) is 7.81. The van der Waals surface area contributed by atoms with Gasteiger partial charge in [0.25, 0.3) is 0 Å². The Hall–Kier alpha value is -3.07. The molecule has 3 aromatic rings. The summed E-state index contributed by atoms with van der Waals surface area (Å²) in [5, 5.41) is 9.16. The van der Waals surface area contributed by atoms with E-state index in [4.69, 9.17) is 0 Å². The number of pyridine rings is 1. The molecule has 2 aromatic heterocycles. The highest BCUT2D eigenvalue weighted by molar-refractivity contribution is 7.13. The van der Waals surface area contributed by atoms with E-state index >= 15 is 0 Å². The van der Waals surface area contributed by atoms with Crippen LogP contribution in [0.2, 0.25) is 0 Å². The third-order valence-corrected chi connectivity index (χ3v) is 5.29. The monoisotopic (exact) mass is 386 g/mol. The molecule has 1 aromatic carbocycles. The highest BCUT2D eigenvalue weighted by atomic mass is 32.1. The lowest BCUT2D eigenvalue weighted by Gasteiger charge is -2.13. The second kappa shape index (κ2) is 8.30. The molecule has 0 amide bonds. The van der Waals surface area contributed by atoms with E-state index in [1.165, 1.54) is 10.4 Å². The van der Waals surface area contributed by atoms with Crippen molar-refractivity contribution in [3.8, 4) is 22.3 Å². The normalized spacial score (nSPS) is 12.8. The fourth-order valence-corrected chi connectivity index (χ4v) is 3.73. The van der Waals surface area contributed by atoms with Gasteiger partial charge < -0.3 is 10.6 Å². The molecule has 0 spiro atoms. The summed E-state index contributed by atoms with van der Waals surface area (Å²) in [4.78, 5) is 7.70. The van der Waals surface area contributed by atoms with Crippen LogP contribution in [-0.4, -0.2) is 37.1 Å². The minimum absolute atomic E-state index is 0.730. The van der Waals surface area contributed by atoms with Gasteiger partial charge in [0.15, 0.2) is 0 Å². The van der Waals surface area contributed by atoms with Gasteiger partial charge in [0.1, 0.15) is 0 Å². The number of benzene rings is 1. The summed E-state index contributed by atoms with van der Waals surface area (Å²) in [6.07, 6.45) is 5.84. The predicted octanol–water partition coefficient (Wildman–Crippen LogP) is 4.60. The molecule has 2 N–H and O–H groups in total. The largest absolute Gasteiger partial charge is 0.380 e. The summed E-state index contributed by atoms with van der Waals surface area (Å²) >= 11 is 1.75. The van der Waals surface area contributed by atoms with E-state index in [2.05, 4.69) is 75.3 Å². The van der Waals surface area contributed by atoms with Crippen molar-refractivity contribution in [2.75, 3.05) is 37.8 Å². The number of aromatic nitrogens is 1. The van der Waals surface area contributed by atoms with Crippen molar-refractivity contribution >= 4 is 28.4 Å². The van der Waals surface area contributed by atoms with Gasteiger partial charge in [-0.2, -0.15) is 0 Å². The maximum Gasteiger partial charge on any atom is 0.0626 e. The van der Waals surface area contributed by atoms with Gasteiger partial charge in [-0.1, -0.05) is 24.0 Å². The topological polar surface area (TPSA) is 40.2 Å². The highest BCUT2D eigenvalue weighted by Gasteiger charge is 2.12. The van der Waals surface area contributed by atoms with Gasteiger partial charge in [-0.25, -0.2) is 0 Å². The van der Waals surface area contributed by atoms with Gasteiger partial charge >= 0.3 is 0 Å². The van der Waals surface area contributed by atoms with Gasteiger partial charge in [-0.05, 0) is 55.4 Å². The van der Waals surface area contributed by atoms with Crippen LogP contribution in [0.5, 0.6) is 0 Å². The van der Waals surface area contributed by atoms with E-state index < -0.39 is 0 Å². The number of fused-ring (bicyclic) bond motifs is 1. The average Bonchev–Trinajstić information content (AvgIpc) is 3.14. The Morgan fingerprint density at radius 3 is 2.86 bits per heavy atom. The van der Waals surface area contributed by atoms with E-state index in [1.807, 2.05) is 31.4 Å². The van der Waals surface area contributed by atoms with Crippen LogP contribution in [0.1, 0.15) is 11.1 Å². The average molecular weight is 387 g/mol. The molecule has 0 unspecified atom stereocenters. The van der Waals surface area contributed by atoms with Crippen molar-refractivity contribution in [2.24, 2.45) is 0 Å². The van der Waals surface area contributed by atoms with E-state index in [0.717, 1.165) is 41.3 Å². The lowest BCUT2D eigenvalue weighted by Crippen LogP contribution is -2.10. The number of hydrogen-bond acceptors (Lipinski definition) is 5. The molecule has 0 saturated carbocycles. The molecule has 0 aliphatic carbocycles. The molecule has 3 heterocycles. The number of nitrogens with zero attached hydrogens (tertiary/aromatic N) is 2. The van der Waals surface area contributed by atoms with Crippen LogP contribution < -0.4 is 10.6 Å². The standard InChI is InChI=1S/C23H22N4S/c1-27(2)11-3-5-17-13-19(16-24-15-17)20-9-10-25-21-8-7-18(14-22(21)26-20)23-6-4-12-28-23/h4,6-9,12-16,25-26H,10-11H2,1-2H3. The molecule has 1 aliphatic rings. The first kappa shape index (κ1) is 18.3. The fourth-order valence-electron chi connectivity index (χ4n) is 3.00. The molecule has 0 fully saturated rings. The van der Waals surface area contributed by atoms with Crippen LogP contribution >= 0.6 is 11.3 Å². The van der Waals surface area contributed by atoms with E-state index in [1.54, 1.807) is 11.3 Å². The van der Waals surface area contributed by atoms with Crippen molar-refractivity contribution in [3.63, 3.8) is 0 Å². The Kier molecular flexibility index (Phi) is 5.43. The second-order valence-electron chi connectivity index (χ2n) is 6.86. The minimum Gasteiger partial charge on any atom is -0.380 e. The first-order valence-corrected chi connectivity index (χ1v) is 10.0. The molecule has 5 heteroatoms. The summed E-state index contributed by atoms with van der Waals surface area (Å²) in [5.41, 5.74) is 6.38. The SMILES string of the molecule is CN(C)CC#Cc1cncc(C2=CCNc3ccc(-c4cccs4)cc3N2)c1. The first-order valence-electron chi connectivity index (χ1n) is 9.17. The molecular weight excluding hydrogens is 364 g/mol. The summed E-state index contributed by atoms with van der Waals surface area (Å²) in [5.74, 6) is 6.36. The Morgan fingerprint density at radius 2 is 2.04 bits per heavy atom. The molecule has 0 radical (unpaired) electrons. The number of hydrogen-bond donors (Lipinski definition) is 2. The van der Waals surface area contributed by atoms with Crippen molar-refractivity contribution in [1.82, 2.24) is 9.88 Å². The van der Waals surface area contributed by atoms with Gasteiger partial charge in [-0.3, -0.25) is 9.88 Å². The third-order valence-electron chi connectivity index (χ3n) is 4.37. The number of anilines is 2. The fraction of sp³-hybridized carbons (Fsp3) is 0.174. The van der Waals surface area contributed by atoms with Crippen LogP contribution in [0.25, 0.3) is 16.1 Å². The molecule has 0 saturated heterocycles. The van der Waals surface area contributed by atoms with E-state index in [-0.39, 0.29) is 0 Å². The molecule has 1 aliphatic heterocycles. The summed E-state index contributed by atoms with van der Waals surface area (Å²) in [6.45, 7) is 1.48. The zero-order valence-electron chi connectivity index (χ0n) is 16.0. The number of nitrogens with one attached hydrogen (secondary N) is 2. The van der Waals surface area contributed by atoms with Crippen LogP contribution in [0.15, 0.2) is 60.2 Å². The lowest BCUT2D eigenvalue weighted by atomic mass is 10.1. The van der Waals surface area contributed by atoms with Crippen LogP contribution in [-0.2, 0) is 0 Å². The zero-order valence-corrected chi connectivity index (χ0v) is 16.8. The highest BCUT2D eigenvalue weighted by Crippen LogP contribution is 2.34. The van der Waals surface area contributed by atoms with E-state index in [0.29, 0.717) is 0 Å². The number of rotatable bonds is 3. The Morgan fingerprint density at radius 1 is 1.11 bits per heavy atom. The number of thiophene rings is 1. The zero-order chi connectivity index (χ0) is 19.3. The van der Waals surface area contributed by atoms with E-state index in [9.17, 15) is 0 Å². The molecule has 4 nitrogen and oxygen atoms in total. The molecule has 4 rings (SSSR count). The summed E-state index contributed by atoms with van der Waals surface area (Å²) in [7, 11) is 4.02. The first-order chi connectivity index (χ1) is 13.7. The van der Waals surface area contributed by atoms with Crippen molar-refractivity contribution < 1.29 is 0 Å². The maximum absolute atomic E-state index is 4.39. The Balaban J connectivity index is 1.61.